The second kappa shape index (κ2) is 8.31. The molecule has 2 aromatic rings. The van der Waals surface area contributed by atoms with Crippen LogP contribution in [-0.2, 0) is 23.1 Å². The zero-order chi connectivity index (χ0) is 19.4. The van der Waals surface area contributed by atoms with Crippen molar-refractivity contribution >= 4 is 17.1 Å². The molecule has 2 rings (SSSR count). The van der Waals surface area contributed by atoms with Crippen molar-refractivity contribution in [3.8, 4) is 0 Å². The number of unbranched alkanes of at least 4 members (excludes halogenated alkanes) is 1. The van der Waals surface area contributed by atoms with Crippen LogP contribution in [0.1, 0.15) is 45.5 Å². The number of esters is 1. The lowest BCUT2D eigenvalue weighted by molar-refractivity contribution is -0.144. The second-order valence-corrected chi connectivity index (χ2v) is 6.31. The van der Waals surface area contributed by atoms with E-state index >= 15 is 0 Å². The van der Waals surface area contributed by atoms with Crippen LogP contribution in [0, 0.1) is 0 Å². The van der Waals surface area contributed by atoms with Crippen LogP contribution in [0.25, 0.3) is 11.2 Å². The summed E-state index contributed by atoms with van der Waals surface area (Å²) in [7, 11) is 2.84. The molecule has 0 aliphatic heterocycles. The van der Waals surface area contributed by atoms with Gasteiger partial charge in [-0.2, -0.15) is 0 Å². The average molecular weight is 365 g/mol. The Bertz CT molecular complexity index is 895. The van der Waals surface area contributed by atoms with Crippen molar-refractivity contribution in [1.29, 1.82) is 0 Å². The summed E-state index contributed by atoms with van der Waals surface area (Å²) in [4.78, 5) is 45.5. The molecular weight excluding hydrogens is 338 g/mol. The van der Waals surface area contributed by atoms with E-state index < -0.39 is 23.3 Å². The van der Waals surface area contributed by atoms with Crippen LogP contribution in [0.2, 0.25) is 0 Å². The lowest BCUT2D eigenvalue weighted by Gasteiger charge is -2.21. The summed E-state index contributed by atoms with van der Waals surface area (Å²) < 4.78 is 7.71. The van der Waals surface area contributed by atoms with Crippen LogP contribution in [0.15, 0.2) is 9.59 Å². The molecule has 26 heavy (non-hydrogen) atoms. The average Bonchev–Trinajstić information content (AvgIpc) is 3.01. The summed E-state index contributed by atoms with van der Waals surface area (Å²) >= 11 is 0. The van der Waals surface area contributed by atoms with Gasteiger partial charge in [-0.1, -0.05) is 20.3 Å². The minimum absolute atomic E-state index is 0.201. The highest BCUT2D eigenvalue weighted by Crippen LogP contribution is 2.20. The third kappa shape index (κ3) is 3.72. The minimum atomic E-state index is -0.733. The first kappa shape index (κ1) is 19.9. The number of ether oxygens (including phenoxy) is 1. The van der Waals surface area contributed by atoms with Gasteiger partial charge in [0.05, 0.1) is 13.7 Å². The summed E-state index contributed by atoms with van der Waals surface area (Å²) in [5.41, 5.74) is -0.639. The van der Waals surface area contributed by atoms with Crippen LogP contribution >= 0.6 is 0 Å². The molecule has 0 aromatic carbocycles. The molecule has 2 aromatic heterocycles. The number of hydrogen-bond donors (Lipinski definition) is 1. The van der Waals surface area contributed by atoms with Gasteiger partial charge in [-0.15, -0.1) is 0 Å². The summed E-state index contributed by atoms with van der Waals surface area (Å²) in [6.07, 6.45) is 2.11. The molecule has 0 aliphatic carbocycles. The fourth-order valence-electron chi connectivity index (χ4n) is 2.98. The second-order valence-electron chi connectivity index (χ2n) is 6.31. The Kier molecular flexibility index (Phi) is 6.36. The Morgan fingerprint density at radius 1 is 1.35 bits per heavy atom. The molecule has 0 saturated heterocycles. The number of rotatable bonds is 8. The molecule has 0 unspecified atom stereocenters. The summed E-state index contributed by atoms with van der Waals surface area (Å²) in [6, 6.07) is -0.733. The maximum absolute atomic E-state index is 12.4. The van der Waals surface area contributed by atoms with Gasteiger partial charge in [-0.05, 0) is 26.4 Å². The van der Waals surface area contributed by atoms with Crippen LogP contribution in [0.3, 0.4) is 0 Å². The van der Waals surface area contributed by atoms with Crippen LogP contribution in [-0.4, -0.2) is 50.2 Å². The van der Waals surface area contributed by atoms with Crippen molar-refractivity contribution in [2.24, 2.45) is 7.05 Å². The van der Waals surface area contributed by atoms with Crippen molar-refractivity contribution in [1.82, 2.24) is 24.0 Å². The van der Waals surface area contributed by atoms with E-state index in [1.165, 1.54) is 11.7 Å². The fourth-order valence-corrected chi connectivity index (χ4v) is 2.98. The largest absolute Gasteiger partial charge is 0.467 e. The number of nitrogens with zero attached hydrogens (tertiary/aromatic N) is 4. The first-order valence-electron chi connectivity index (χ1n) is 8.85. The Hall–Kier alpha value is -2.42. The number of aromatic nitrogens is 4. The number of H-pyrrole nitrogens is 1. The Morgan fingerprint density at radius 2 is 2.04 bits per heavy atom. The minimum Gasteiger partial charge on any atom is -0.467 e. The molecule has 0 spiro atoms. The summed E-state index contributed by atoms with van der Waals surface area (Å²) in [5.74, 6) is 0.0814. The maximum Gasteiger partial charge on any atom is 0.329 e. The first-order chi connectivity index (χ1) is 12.3. The molecule has 0 bridgehead atoms. The van der Waals surface area contributed by atoms with Gasteiger partial charge in [-0.25, -0.2) is 14.6 Å². The van der Waals surface area contributed by atoms with Gasteiger partial charge in [0.25, 0.3) is 5.56 Å². The number of carbonyl (C=O) groups is 1. The lowest BCUT2D eigenvalue weighted by Crippen LogP contribution is -2.31. The molecule has 9 nitrogen and oxygen atoms in total. The van der Waals surface area contributed by atoms with E-state index in [4.69, 9.17) is 4.74 Å². The molecule has 0 aliphatic rings. The van der Waals surface area contributed by atoms with Gasteiger partial charge in [0.1, 0.15) is 11.9 Å². The number of imidazole rings is 1. The van der Waals surface area contributed by atoms with E-state index in [2.05, 4.69) is 28.7 Å². The predicted molar refractivity (Wildman–Crippen MR) is 98.2 cm³/mol. The van der Waals surface area contributed by atoms with E-state index in [-0.39, 0.29) is 11.2 Å². The highest BCUT2D eigenvalue weighted by atomic mass is 16.5. The topological polar surface area (TPSA) is 102 Å². The molecule has 2 heterocycles. The van der Waals surface area contributed by atoms with Crippen LogP contribution in [0.5, 0.6) is 0 Å². The summed E-state index contributed by atoms with van der Waals surface area (Å²) in [6.45, 7) is 8.00. The van der Waals surface area contributed by atoms with Gasteiger partial charge >= 0.3 is 11.7 Å². The van der Waals surface area contributed by atoms with Crippen LogP contribution in [0.4, 0.5) is 0 Å². The van der Waals surface area contributed by atoms with Gasteiger partial charge in [0, 0.05) is 7.05 Å². The zero-order valence-corrected chi connectivity index (χ0v) is 16.0. The Balaban J connectivity index is 2.66. The smallest absolute Gasteiger partial charge is 0.329 e. The SMILES string of the molecule is CCCCN(CC)Cc1nc2c(c(=O)[nH]c(=O)n2C)n1[C@H](C)C(=O)OC. The standard InChI is InChI=1S/C17H27N5O4/c1-6-8-9-21(7-2)10-12-18-14-13(15(23)19-17(25)20(14)4)22(12)11(3)16(24)26-5/h11H,6-10H2,1-5H3,(H,19,23,25)/t11-/m1/s1. The van der Waals surface area contributed by atoms with E-state index in [1.807, 2.05) is 0 Å². The highest BCUT2D eigenvalue weighted by molar-refractivity contribution is 5.78. The number of methoxy groups -OCH3 is 1. The van der Waals surface area contributed by atoms with E-state index in [1.54, 1.807) is 18.5 Å². The first-order valence-corrected chi connectivity index (χ1v) is 8.85. The van der Waals surface area contributed by atoms with E-state index in [9.17, 15) is 14.4 Å². The van der Waals surface area contributed by atoms with Crippen molar-refractivity contribution in [2.75, 3.05) is 20.2 Å². The zero-order valence-electron chi connectivity index (χ0n) is 16.0. The molecule has 9 heteroatoms. The number of aryl methyl sites for hydroxylation is 1. The number of nitrogens with one attached hydrogen (secondary N) is 1. The van der Waals surface area contributed by atoms with Crippen molar-refractivity contribution in [3.05, 3.63) is 26.7 Å². The van der Waals surface area contributed by atoms with Crippen molar-refractivity contribution < 1.29 is 9.53 Å². The van der Waals surface area contributed by atoms with E-state index in [0.717, 1.165) is 25.9 Å². The molecule has 0 amide bonds. The molecule has 0 radical (unpaired) electrons. The predicted octanol–water partition coefficient (Wildman–Crippen LogP) is 0.779. The molecule has 1 atom stereocenters. The van der Waals surface area contributed by atoms with Gasteiger partial charge in [-0.3, -0.25) is 19.2 Å². The Labute approximate surface area is 151 Å². The third-order valence-electron chi connectivity index (χ3n) is 4.59. The van der Waals surface area contributed by atoms with E-state index in [0.29, 0.717) is 12.4 Å². The fraction of sp³-hybridized carbons (Fsp3) is 0.647. The monoisotopic (exact) mass is 365 g/mol. The van der Waals surface area contributed by atoms with Crippen LogP contribution < -0.4 is 11.2 Å². The number of carbonyl (C=O) groups excluding carboxylic acids is 1. The molecule has 0 fully saturated rings. The van der Waals surface area contributed by atoms with Gasteiger partial charge < -0.3 is 9.30 Å². The lowest BCUT2D eigenvalue weighted by atomic mass is 10.3. The van der Waals surface area contributed by atoms with Crippen molar-refractivity contribution in [3.63, 3.8) is 0 Å². The normalized spacial score (nSPS) is 12.7. The van der Waals surface area contributed by atoms with Gasteiger partial charge in [0.15, 0.2) is 11.2 Å². The third-order valence-corrected chi connectivity index (χ3v) is 4.59. The quantitative estimate of drug-likeness (QED) is 0.694. The molecule has 1 N–H and O–H groups in total. The van der Waals surface area contributed by atoms with Crippen molar-refractivity contribution in [2.45, 2.75) is 46.2 Å². The molecule has 0 saturated carbocycles. The number of fused-ring (bicyclic) bond motifs is 1. The summed E-state index contributed by atoms with van der Waals surface area (Å²) in [5, 5.41) is 0. The molecule has 144 valence electrons. The highest BCUT2D eigenvalue weighted by Gasteiger charge is 2.26. The molecular formula is C17H27N5O4. The Morgan fingerprint density at radius 3 is 2.62 bits per heavy atom. The number of aromatic amines is 1. The maximum atomic E-state index is 12.4. The number of hydrogen-bond acceptors (Lipinski definition) is 6. The van der Waals surface area contributed by atoms with Gasteiger partial charge in [0.2, 0.25) is 0 Å².